The zero-order valence-electron chi connectivity index (χ0n) is 18.4. The Labute approximate surface area is 179 Å². The van der Waals surface area contributed by atoms with Gasteiger partial charge in [-0.1, -0.05) is 37.6 Å². The van der Waals surface area contributed by atoms with Crippen LogP contribution in [0.25, 0.3) is 0 Å². The van der Waals surface area contributed by atoms with Crippen molar-refractivity contribution in [2.24, 2.45) is 0 Å². The summed E-state index contributed by atoms with van der Waals surface area (Å²) < 4.78 is 23.3. The van der Waals surface area contributed by atoms with Crippen LogP contribution in [-0.2, 0) is 26.2 Å². The van der Waals surface area contributed by atoms with E-state index < -0.39 is 7.60 Å². The molecule has 0 bridgehead atoms. The Balaban J connectivity index is 1.95. The first kappa shape index (κ1) is 24.1. The maximum absolute atomic E-state index is 12.6. The monoisotopic (exact) mass is 432 g/mol. The Morgan fingerprint density at radius 1 is 0.933 bits per heavy atom. The second-order valence-corrected chi connectivity index (χ2v) is 9.19. The van der Waals surface area contributed by atoms with E-state index in [-0.39, 0.29) is 12.2 Å². The molecule has 2 aromatic carbocycles. The highest BCUT2D eigenvalue weighted by molar-refractivity contribution is 7.53. The molecule has 0 aliphatic carbocycles. The van der Waals surface area contributed by atoms with Gasteiger partial charge in [0.1, 0.15) is 0 Å². The molecule has 0 saturated heterocycles. The fourth-order valence-corrected chi connectivity index (χ4v) is 4.83. The molecule has 0 heterocycles. The van der Waals surface area contributed by atoms with Gasteiger partial charge in [0.2, 0.25) is 0 Å². The smallest absolute Gasteiger partial charge is 0.309 e. The number of carbonyl (C=O) groups is 1. The number of hydrogen-bond donors (Lipinski definition) is 2. The fourth-order valence-electron chi connectivity index (χ4n) is 3.13. The number of hydrogen-bond acceptors (Lipinski definition) is 4. The van der Waals surface area contributed by atoms with E-state index >= 15 is 0 Å². The van der Waals surface area contributed by atoms with Crippen molar-refractivity contribution in [3.05, 3.63) is 59.2 Å². The maximum atomic E-state index is 12.6. The van der Waals surface area contributed by atoms with E-state index in [9.17, 15) is 9.36 Å². The van der Waals surface area contributed by atoms with Gasteiger partial charge in [-0.2, -0.15) is 0 Å². The molecule has 6 nitrogen and oxygen atoms in total. The third-order valence-electron chi connectivity index (χ3n) is 4.60. The minimum Gasteiger partial charge on any atom is -0.309 e. The zero-order chi connectivity index (χ0) is 22.0. The molecule has 30 heavy (non-hydrogen) atoms. The van der Waals surface area contributed by atoms with Crippen molar-refractivity contribution in [2.75, 3.05) is 23.8 Å². The molecule has 164 valence electrons. The summed E-state index contributed by atoms with van der Waals surface area (Å²) in [4.78, 5) is 12.4. The van der Waals surface area contributed by atoms with Gasteiger partial charge < -0.3 is 19.7 Å². The summed E-state index contributed by atoms with van der Waals surface area (Å²) in [6, 6.07) is 13.0. The molecule has 2 amide bonds. The lowest BCUT2D eigenvalue weighted by molar-refractivity contribution is 0.219. The van der Waals surface area contributed by atoms with Crippen LogP contribution in [0, 0.1) is 6.92 Å². The predicted octanol–water partition coefficient (Wildman–Crippen LogP) is 6.75. The number of unbranched alkanes of at least 4 members (excludes halogenated alkanes) is 1. The minimum atomic E-state index is -3.15. The highest BCUT2D eigenvalue weighted by Gasteiger charge is 2.23. The molecule has 0 aliphatic rings. The van der Waals surface area contributed by atoms with Gasteiger partial charge in [-0.25, -0.2) is 4.79 Å². The second-order valence-electron chi connectivity index (χ2n) is 7.13. The standard InChI is InChI=1S/C23H33N2O4P/c1-5-8-9-19-12-15-22(18(4)16-19)25-23(26)24-21-13-10-20(11-14-21)17-30(27,28-6-2)29-7-3/h10-16H,5-9,17H2,1-4H3,(H2,24,25,26). The Hall–Kier alpha value is -2.14. The van der Waals surface area contributed by atoms with E-state index in [4.69, 9.17) is 9.05 Å². The first-order valence-corrected chi connectivity index (χ1v) is 12.3. The molecule has 0 unspecified atom stereocenters. The van der Waals surface area contributed by atoms with E-state index in [1.54, 1.807) is 26.0 Å². The normalized spacial score (nSPS) is 11.3. The second kappa shape index (κ2) is 11.9. The largest absolute Gasteiger partial charge is 0.335 e. The van der Waals surface area contributed by atoms with Crippen molar-refractivity contribution < 1.29 is 18.4 Å². The van der Waals surface area contributed by atoms with Crippen molar-refractivity contribution in [1.82, 2.24) is 0 Å². The Morgan fingerprint density at radius 2 is 1.57 bits per heavy atom. The van der Waals surface area contributed by atoms with Crippen LogP contribution in [0.4, 0.5) is 16.2 Å². The minimum absolute atomic E-state index is 0.199. The summed E-state index contributed by atoms with van der Waals surface area (Å²) in [5.74, 6) is 0. The highest BCUT2D eigenvalue weighted by atomic mass is 31.2. The lowest BCUT2D eigenvalue weighted by Gasteiger charge is -2.17. The molecule has 2 N–H and O–H groups in total. The molecular weight excluding hydrogens is 399 g/mol. The maximum Gasteiger partial charge on any atom is 0.335 e. The van der Waals surface area contributed by atoms with Crippen molar-refractivity contribution >= 4 is 25.0 Å². The molecule has 0 aliphatic heterocycles. The Morgan fingerprint density at radius 3 is 2.13 bits per heavy atom. The van der Waals surface area contributed by atoms with Crippen molar-refractivity contribution in [1.29, 1.82) is 0 Å². The van der Waals surface area contributed by atoms with Gasteiger partial charge in [-0.05, 0) is 68.5 Å². The number of benzene rings is 2. The summed E-state index contributed by atoms with van der Waals surface area (Å²) in [5, 5.41) is 5.72. The van der Waals surface area contributed by atoms with E-state index in [1.165, 1.54) is 5.56 Å². The van der Waals surface area contributed by atoms with Crippen molar-refractivity contribution in [3.8, 4) is 0 Å². The highest BCUT2D eigenvalue weighted by Crippen LogP contribution is 2.51. The predicted molar refractivity (Wildman–Crippen MR) is 123 cm³/mol. The van der Waals surface area contributed by atoms with Crippen molar-refractivity contribution in [3.63, 3.8) is 0 Å². The average molecular weight is 433 g/mol. The van der Waals surface area contributed by atoms with Crippen LogP contribution in [0.2, 0.25) is 0 Å². The van der Waals surface area contributed by atoms with Crippen LogP contribution in [-0.4, -0.2) is 19.2 Å². The zero-order valence-corrected chi connectivity index (χ0v) is 19.3. The summed E-state index contributed by atoms with van der Waals surface area (Å²) in [7, 11) is -3.15. The molecule has 0 saturated carbocycles. The number of anilines is 2. The number of nitrogens with one attached hydrogen (secondary N) is 2. The molecule has 2 aromatic rings. The molecule has 0 fully saturated rings. The van der Waals surface area contributed by atoms with Gasteiger partial charge in [0.25, 0.3) is 0 Å². The van der Waals surface area contributed by atoms with Gasteiger partial charge in [0, 0.05) is 11.4 Å². The van der Waals surface area contributed by atoms with Gasteiger partial charge in [0.05, 0.1) is 19.4 Å². The van der Waals surface area contributed by atoms with E-state index in [0.29, 0.717) is 18.9 Å². The summed E-state index contributed by atoms with van der Waals surface area (Å²) in [6.07, 6.45) is 3.57. The molecule has 0 radical (unpaired) electrons. The molecule has 0 atom stereocenters. The summed E-state index contributed by atoms with van der Waals surface area (Å²) in [5.41, 5.74) is 4.59. The number of urea groups is 1. The van der Waals surface area contributed by atoms with Gasteiger partial charge >= 0.3 is 13.6 Å². The fraction of sp³-hybridized carbons (Fsp3) is 0.435. The first-order chi connectivity index (χ1) is 14.4. The van der Waals surface area contributed by atoms with E-state index in [2.05, 4.69) is 29.7 Å². The van der Waals surface area contributed by atoms with Gasteiger partial charge in [-0.3, -0.25) is 4.57 Å². The Kier molecular flexibility index (Phi) is 9.57. The third kappa shape index (κ3) is 7.60. The lowest BCUT2D eigenvalue weighted by atomic mass is 10.0. The summed E-state index contributed by atoms with van der Waals surface area (Å²) in [6.45, 7) is 8.41. The van der Waals surface area contributed by atoms with Crippen LogP contribution in [0.3, 0.4) is 0 Å². The quantitative estimate of drug-likeness (QED) is 0.385. The first-order valence-electron chi connectivity index (χ1n) is 10.5. The summed E-state index contributed by atoms with van der Waals surface area (Å²) >= 11 is 0. The third-order valence-corrected chi connectivity index (χ3v) is 6.65. The number of aryl methyl sites for hydroxylation is 2. The molecular formula is C23H33N2O4P. The Bertz CT molecular complexity index is 858. The molecule has 2 rings (SSSR count). The topological polar surface area (TPSA) is 76.7 Å². The van der Waals surface area contributed by atoms with Crippen molar-refractivity contribution in [2.45, 2.75) is 53.1 Å². The van der Waals surface area contributed by atoms with E-state index in [0.717, 1.165) is 36.1 Å². The number of rotatable bonds is 11. The van der Waals surface area contributed by atoms with Crippen LogP contribution in [0.15, 0.2) is 42.5 Å². The van der Waals surface area contributed by atoms with Crippen LogP contribution >= 0.6 is 7.60 Å². The van der Waals surface area contributed by atoms with Gasteiger partial charge in [0.15, 0.2) is 0 Å². The van der Waals surface area contributed by atoms with Crippen LogP contribution in [0.1, 0.15) is 50.3 Å². The number of amides is 2. The molecule has 7 heteroatoms. The van der Waals surface area contributed by atoms with E-state index in [1.807, 2.05) is 25.1 Å². The van der Waals surface area contributed by atoms with Crippen LogP contribution in [0.5, 0.6) is 0 Å². The average Bonchev–Trinajstić information content (AvgIpc) is 2.70. The number of carbonyl (C=O) groups excluding carboxylic acids is 1. The molecule has 0 aromatic heterocycles. The SMILES string of the molecule is CCCCc1ccc(NC(=O)Nc2ccc(CP(=O)(OCC)OCC)cc2)c(C)c1. The lowest BCUT2D eigenvalue weighted by Crippen LogP contribution is -2.20. The van der Waals surface area contributed by atoms with Gasteiger partial charge in [-0.15, -0.1) is 0 Å². The van der Waals surface area contributed by atoms with Crippen LogP contribution < -0.4 is 10.6 Å². The molecule has 0 spiro atoms.